The first-order valence-corrected chi connectivity index (χ1v) is 6.14. The van der Waals surface area contributed by atoms with Crippen LogP contribution in [0, 0.1) is 5.82 Å². The van der Waals surface area contributed by atoms with Gasteiger partial charge in [0, 0.05) is 16.8 Å². The first kappa shape index (κ1) is 14.2. The van der Waals surface area contributed by atoms with Crippen LogP contribution >= 0.6 is 22.9 Å². The van der Waals surface area contributed by atoms with Crippen molar-refractivity contribution < 1.29 is 22.7 Å². The van der Waals surface area contributed by atoms with E-state index in [4.69, 9.17) is 11.6 Å². The van der Waals surface area contributed by atoms with Gasteiger partial charge in [-0.25, -0.2) is 9.37 Å². The van der Waals surface area contributed by atoms with Crippen LogP contribution in [0.4, 0.5) is 17.6 Å². The predicted octanol–water partition coefficient (Wildman–Crippen LogP) is 4.04. The van der Waals surface area contributed by atoms with E-state index in [2.05, 4.69) is 4.98 Å². The zero-order valence-corrected chi connectivity index (χ0v) is 10.7. The van der Waals surface area contributed by atoms with Gasteiger partial charge in [0.1, 0.15) is 11.9 Å². The molecule has 1 atom stereocenters. The number of alkyl halides is 3. The predicted molar refractivity (Wildman–Crippen MR) is 62.6 cm³/mol. The molecule has 19 heavy (non-hydrogen) atoms. The summed E-state index contributed by atoms with van der Waals surface area (Å²) >= 11 is 5.92. The first-order valence-electron chi connectivity index (χ1n) is 4.95. The number of aromatic nitrogens is 1. The maximum absolute atomic E-state index is 13.5. The van der Waals surface area contributed by atoms with Crippen LogP contribution in [0.2, 0.25) is 5.02 Å². The molecule has 2 rings (SSSR count). The summed E-state index contributed by atoms with van der Waals surface area (Å²) in [6, 6.07) is 3.47. The van der Waals surface area contributed by atoms with E-state index in [9.17, 15) is 22.7 Å². The van der Waals surface area contributed by atoms with Crippen molar-refractivity contribution in [3.8, 4) is 0 Å². The molecule has 1 aromatic carbocycles. The molecular formula is C11H6ClF4NOS. The third-order valence-electron chi connectivity index (χ3n) is 2.29. The summed E-state index contributed by atoms with van der Waals surface area (Å²) in [5.41, 5.74) is -0.190. The third-order valence-corrected chi connectivity index (χ3v) is 3.62. The molecule has 0 aliphatic heterocycles. The smallest absolute Gasteiger partial charge is 0.383 e. The minimum Gasteiger partial charge on any atom is -0.383 e. The van der Waals surface area contributed by atoms with Crippen LogP contribution < -0.4 is 0 Å². The number of hydrogen-bond donors (Lipinski definition) is 1. The zero-order valence-electron chi connectivity index (χ0n) is 9.08. The van der Waals surface area contributed by atoms with Gasteiger partial charge in [-0.05, 0) is 18.2 Å². The lowest BCUT2D eigenvalue weighted by atomic mass is 10.1. The van der Waals surface area contributed by atoms with Crippen molar-refractivity contribution in [3.63, 3.8) is 0 Å². The van der Waals surface area contributed by atoms with Crippen molar-refractivity contribution in [1.29, 1.82) is 0 Å². The number of aliphatic hydroxyl groups is 1. The molecule has 0 amide bonds. The summed E-state index contributed by atoms with van der Waals surface area (Å²) in [7, 11) is 0. The SMILES string of the molecule is OC(c1cnc(C(F)(F)F)s1)c1cc(Cl)ccc1F. The van der Waals surface area contributed by atoms with Crippen LogP contribution in [-0.2, 0) is 6.18 Å². The Bertz CT molecular complexity index is 599. The Morgan fingerprint density at radius 2 is 2.00 bits per heavy atom. The second-order valence-corrected chi connectivity index (χ2v) is 5.13. The van der Waals surface area contributed by atoms with Gasteiger partial charge in [0.05, 0.1) is 4.88 Å². The summed E-state index contributed by atoms with van der Waals surface area (Å²) in [4.78, 5) is 3.06. The minimum absolute atomic E-state index is 0.103. The molecule has 1 unspecified atom stereocenters. The minimum atomic E-state index is -4.59. The molecule has 8 heteroatoms. The zero-order chi connectivity index (χ0) is 14.2. The molecule has 1 aromatic heterocycles. The standard InChI is InChI=1S/C11H6ClF4NOS/c12-5-1-2-7(13)6(3-5)9(18)8-4-17-10(19-8)11(14,15)16/h1-4,9,18H. The Labute approximate surface area is 114 Å². The lowest BCUT2D eigenvalue weighted by molar-refractivity contribution is -0.137. The summed E-state index contributed by atoms with van der Waals surface area (Å²) in [5.74, 6) is -0.751. The number of nitrogens with zero attached hydrogens (tertiary/aromatic N) is 1. The first-order chi connectivity index (χ1) is 8.79. The van der Waals surface area contributed by atoms with Gasteiger partial charge in [-0.1, -0.05) is 11.6 Å². The maximum Gasteiger partial charge on any atom is 0.443 e. The monoisotopic (exact) mass is 311 g/mol. The largest absolute Gasteiger partial charge is 0.443 e. The molecule has 0 bridgehead atoms. The number of rotatable bonds is 2. The summed E-state index contributed by atoms with van der Waals surface area (Å²) < 4.78 is 50.6. The fourth-order valence-electron chi connectivity index (χ4n) is 1.42. The van der Waals surface area contributed by atoms with E-state index in [1.807, 2.05) is 0 Å². The van der Waals surface area contributed by atoms with E-state index in [-0.39, 0.29) is 26.8 Å². The Balaban J connectivity index is 2.36. The van der Waals surface area contributed by atoms with E-state index in [1.54, 1.807) is 0 Å². The van der Waals surface area contributed by atoms with Gasteiger partial charge in [0.15, 0.2) is 5.01 Å². The number of aliphatic hydroxyl groups excluding tert-OH is 1. The molecule has 2 nitrogen and oxygen atoms in total. The van der Waals surface area contributed by atoms with Crippen LogP contribution in [0.25, 0.3) is 0 Å². The topological polar surface area (TPSA) is 33.1 Å². The normalized spacial score (nSPS) is 13.6. The highest BCUT2D eigenvalue weighted by molar-refractivity contribution is 7.11. The number of halogens is 5. The molecule has 0 fully saturated rings. The summed E-state index contributed by atoms with van der Waals surface area (Å²) in [6.45, 7) is 0. The third kappa shape index (κ3) is 3.05. The van der Waals surface area contributed by atoms with Crippen molar-refractivity contribution in [2.75, 3.05) is 0 Å². The molecular weight excluding hydrogens is 306 g/mol. The van der Waals surface area contributed by atoms with E-state index >= 15 is 0 Å². The molecule has 2 aromatic rings. The van der Waals surface area contributed by atoms with Crippen LogP contribution in [0.15, 0.2) is 24.4 Å². The van der Waals surface area contributed by atoms with Gasteiger partial charge in [-0.15, -0.1) is 11.3 Å². The second-order valence-electron chi connectivity index (χ2n) is 3.63. The van der Waals surface area contributed by atoms with Gasteiger partial charge < -0.3 is 5.11 Å². The van der Waals surface area contributed by atoms with Crippen LogP contribution in [0.5, 0.6) is 0 Å². The average Bonchev–Trinajstić information content (AvgIpc) is 2.80. The molecule has 0 saturated carbocycles. The highest BCUT2D eigenvalue weighted by Gasteiger charge is 2.35. The number of hydrogen-bond acceptors (Lipinski definition) is 3. The van der Waals surface area contributed by atoms with Crippen molar-refractivity contribution in [3.05, 3.63) is 50.7 Å². The Kier molecular flexibility index (Phi) is 3.80. The Morgan fingerprint density at radius 1 is 1.32 bits per heavy atom. The molecule has 0 spiro atoms. The number of thiazole rings is 1. The second kappa shape index (κ2) is 5.07. The average molecular weight is 312 g/mol. The Hall–Kier alpha value is -1.18. The lowest BCUT2D eigenvalue weighted by Crippen LogP contribution is -2.03. The van der Waals surface area contributed by atoms with Crippen LogP contribution in [-0.4, -0.2) is 10.1 Å². The van der Waals surface area contributed by atoms with Crippen molar-refractivity contribution in [2.45, 2.75) is 12.3 Å². The quantitative estimate of drug-likeness (QED) is 0.849. The fourth-order valence-corrected chi connectivity index (χ4v) is 2.39. The van der Waals surface area contributed by atoms with Crippen LogP contribution in [0.1, 0.15) is 21.6 Å². The lowest BCUT2D eigenvalue weighted by Gasteiger charge is -2.10. The number of benzene rings is 1. The van der Waals surface area contributed by atoms with Gasteiger partial charge in [-0.2, -0.15) is 13.2 Å². The fraction of sp³-hybridized carbons (Fsp3) is 0.182. The van der Waals surface area contributed by atoms with E-state index in [0.717, 1.165) is 18.3 Å². The molecule has 0 saturated heterocycles. The molecule has 1 N–H and O–H groups in total. The van der Waals surface area contributed by atoms with Crippen molar-refractivity contribution >= 4 is 22.9 Å². The van der Waals surface area contributed by atoms with Gasteiger partial charge in [-0.3, -0.25) is 0 Å². The van der Waals surface area contributed by atoms with Gasteiger partial charge in [0.2, 0.25) is 0 Å². The van der Waals surface area contributed by atoms with Crippen LogP contribution in [0.3, 0.4) is 0 Å². The summed E-state index contributed by atoms with van der Waals surface area (Å²) in [6.07, 6.45) is -5.25. The van der Waals surface area contributed by atoms with Crippen molar-refractivity contribution in [1.82, 2.24) is 4.98 Å². The van der Waals surface area contributed by atoms with E-state index in [1.165, 1.54) is 6.07 Å². The van der Waals surface area contributed by atoms with Gasteiger partial charge in [0.25, 0.3) is 0 Å². The Morgan fingerprint density at radius 3 is 2.58 bits per heavy atom. The molecule has 0 aliphatic rings. The molecule has 102 valence electrons. The molecule has 1 heterocycles. The van der Waals surface area contributed by atoms with E-state index < -0.39 is 23.1 Å². The van der Waals surface area contributed by atoms with E-state index in [0.29, 0.717) is 0 Å². The molecule has 0 radical (unpaired) electrons. The van der Waals surface area contributed by atoms with Gasteiger partial charge >= 0.3 is 6.18 Å². The summed E-state index contributed by atoms with van der Waals surface area (Å²) in [5, 5.41) is 8.96. The molecule has 0 aliphatic carbocycles. The maximum atomic E-state index is 13.5. The highest BCUT2D eigenvalue weighted by atomic mass is 35.5. The van der Waals surface area contributed by atoms with Crippen molar-refractivity contribution in [2.24, 2.45) is 0 Å². The highest BCUT2D eigenvalue weighted by Crippen LogP contribution is 2.36.